The lowest BCUT2D eigenvalue weighted by atomic mass is 10.2. The molecule has 72 valence electrons. The molecule has 4 heteroatoms. The smallest absolute Gasteiger partial charge is 0.255 e. The van der Waals surface area contributed by atoms with E-state index in [1.54, 1.807) is 6.07 Å². The zero-order valence-electron chi connectivity index (χ0n) is 7.49. The van der Waals surface area contributed by atoms with Crippen LogP contribution >= 0.6 is 0 Å². The number of aromatic nitrogens is 1. The second-order valence-electron chi connectivity index (χ2n) is 2.95. The van der Waals surface area contributed by atoms with E-state index < -0.39 is 5.91 Å². The van der Waals surface area contributed by atoms with E-state index in [1.165, 1.54) is 0 Å². The lowest BCUT2D eigenvalue weighted by Gasteiger charge is -2.04. The zero-order chi connectivity index (χ0) is 9.97. The molecule has 1 aromatic heterocycles. The lowest BCUT2D eigenvalue weighted by Crippen LogP contribution is -2.20. The van der Waals surface area contributed by atoms with Gasteiger partial charge in [-0.1, -0.05) is 6.07 Å². The van der Waals surface area contributed by atoms with Gasteiger partial charge in [-0.25, -0.2) is 0 Å². The van der Waals surface area contributed by atoms with Gasteiger partial charge >= 0.3 is 0 Å². The van der Waals surface area contributed by atoms with Crippen molar-refractivity contribution in [2.75, 3.05) is 6.61 Å². The van der Waals surface area contributed by atoms with Crippen molar-refractivity contribution < 1.29 is 9.53 Å². The summed E-state index contributed by atoms with van der Waals surface area (Å²) in [5.41, 5.74) is 5.97. The maximum absolute atomic E-state index is 10.5. The molecule has 0 saturated carbocycles. The van der Waals surface area contributed by atoms with Gasteiger partial charge in [-0.2, -0.15) is 0 Å². The number of amides is 1. The normalized spacial score (nSPS) is 10.3. The Morgan fingerprint density at radius 3 is 3.07 bits per heavy atom. The third-order valence-electron chi connectivity index (χ3n) is 1.92. The Morgan fingerprint density at radius 1 is 1.43 bits per heavy atom. The summed E-state index contributed by atoms with van der Waals surface area (Å²) < 4.78 is 5.24. The summed E-state index contributed by atoms with van der Waals surface area (Å²) >= 11 is 0. The number of hydrogen-bond donors (Lipinski definition) is 2. The van der Waals surface area contributed by atoms with Crippen LogP contribution in [0.5, 0.6) is 5.75 Å². The van der Waals surface area contributed by atoms with Crippen molar-refractivity contribution in [3.8, 4) is 5.75 Å². The molecule has 0 aliphatic carbocycles. The van der Waals surface area contributed by atoms with E-state index in [0.29, 0.717) is 5.75 Å². The van der Waals surface area contributed by atoms with E-state index in [1.807, 2.05) is 24.4 Å². The highest BCUT2D eigenvalue weighted by molar-refractivity contribution is 5.86. The Kier molecular flexibility index (Phi) is 2.10. The van der Waals surface area contributed by atoms with E-state index in [4.69, 9.17) is 10.5 Å². The van der Waals surface area contributed by atoms with Crippen molar-refractivity contribution in [1.82, 2.24) is 4.98 Å². The fourth-order valence-electron chi connectivity index (χ4n) is 1.33. The van der Waals surface area contributed by atoms with Crippen LogP contribution in [0.4, 0.5) is 0 Å². The molecule has 4 nitrogen and oxygen atoms in total. The Hall–Kier alpha value is -1.97. The molecule has 2 rings (SSSR count). The van der Waals surface area contributed by atoms with Crippen molar-refractivity contribution in [2.24, 2.45) is 5.73 Å². The Labute approximate surface area is 80.7 Å². The summed E-state index contributed by atoms with van der Waals surface area (Å²) in [6.07, 6.45) is 1.82. The quantitative estimate of drug-likeness (QED) is 0.759. The molecule has 0 spiro atoms. The summed E-state index contributed by atoms with van der Waals surface area (Å²) in [5, 5.41) is 0.953. The van der Waals surface area contributed by atoms with Gasteiger partial charge in [0.25, 0.3) is 5.91 Å². The number of rotatable bonds is 3. The highest BCUT2D eigenvalue weighted by Gasteiger charge is 2.03. The van der Waals surface area contributed by atoms with E-state index in [2.05, 4.69) is 4.98 Å². The molecular weight excluding hydrogens is 180 g/mol. The van der Waals surface area contributed by atoms with Crippen molar-refractivity contribution in [1.29, 1.82) is 0 Å². The molecule has 1 amide bonds. The minimum atomic E-state index is -0.475. The van der Waals surface area contributed by atoms with Gasteiger partial charge in [0.2, 0.25) is 0 Å². The van der Waals surface area contributed by atoms with E-state index in [-0.39, 0.29) is 6.61 Å². The lowest BCUT2D eigenvalue weighted by molar-refractivity contribution is -0.119. The predicted octanol–water partition coefficient (Wildman–Crippen LogP) is 1.03. The Morgan fingerprint density at radius 2 is 2.29 bits per heavy atom. The van der Waals surface area contributed by atoms with Crippen LogP contribution in [0.25, 0.3) is 10.9 Å². The maximum Gasteiger partial charge on any atom is 0.255 e. The zero-order valence-corrected chi connectivity index (χ0v) is 7.49. The van der Waals surface area contributed by atoms with Crippen LogP contribution in [0, 0.1) is 0 Å². The van der Waals surface area contributed by atoms with Gasteiger partial charge in [0.15, 0.2) is 6.61 Å². The Bertz CT molecular complexity index is 462. The first-order valence-electron chi connectivity index (χ1n) is 4.24. The average molecular weight is 190 g/mol. The van der Waals surface area contributed by atoms with Gasteiger partial charge in [0, 0.05) is 17.1 Å². The molecule has 14 heavy (non-hydrogen) atoms. The number of aromatic amines is 1. The molecule has 2 aromatic rings. The number of carbonyl (C=O) groups excluding carboxylic acids is 1. The fraction of sp³-hybridized carbons (Fsp3) is 0.100. The van der Waals surface area contributed by atoms with Gasteiger partial charge in [-0.3, -0.25) is 4.79 Å². The number of benzene rings is 1. The number of fused-ring (bicyclic) bond motifs is 1. The minimum Gasteiger partial charge on any atom is -0.483 e. The van der Waals surface area contributed by atoms with Crippen molar-refractivity contribution in [3.63, 3.8) is 0 Å². The molecule has 0 fully saturated rings. The molecule has 0 atom stereocenters. The van der Waals surface area contributed by atoms with Crippen LogP contribution in [0.1, 0.15) is 0 Å². The third kappa shape index (κ3) is 1.54. The standard InChI is InChI=1S/C10H10N2O2/c11-10(13)6-14-9-3-1-2-8-7(9)4-5-12-8/h1-5,12H,6H2,(H2,11,13). The number of nitrogens with one attached hydrogen (secondary N) is 1. The van der Waals surface area contributed by atoms with Gasteiger partial charge < -0.3 is 15.5 Å². The van der Waals surface area contributed by atoms with Crippen LogP contribution in [0.15, 0.2) is 30.5 Å². The average Bonchev–Trinajstić information content (AvgIpc) is 2.62. The Balaban J connectivity index is 2.32. The molecule has 1 heterocycles. The van der Waals surface area contributed by atoms with E-state index >= 15 is 0 Å². The highest BCUT2D eigenvalue weighted by Crippen LogP contribution is 2.24. The van der Waals surface area contributed by atoms with Crippen molar-refractivity contribution >= 4 is 16.8 Å². The van der Waals surface area contributed by atoms with Crippen LogP contribution < -0.4 is 10.5 Å². The molecule has 3 N–H and O–H groups in total. The van der Waals surface area contributed by atoms with E-state index in [0.717, 1.165) is 10.9 Å². The van der Waals surface area contributed by atoms with Gasteiger partial charge in [-0.15, -0.1) is 0 Å². The van der Waals surface area contributed by atoms with Crippen molar-refractivity contribution in [3.05, 3.63) is 30.5 Å². The largest absolute Gasteiger partial charge is 0.483 e. The second kappa shape index (κ2) is 3.41. The minimum absolute atomic E-state index is 0.0930. The molecule has 0 unspecified atom stereocenters. The maximum atomic E-state index is 10.5. The summed E-state index contributed by atoms with van der Waals surface area (Å²) in [7, 11) is 0. The number of hydrogen-bond acceptors (Lipinski definition) is 2. The first-order chi connectivity index (χ1) is 6.77. The number of carbonyl (C=O) groups is 1. The molecule has 1 aromatic carbocycles. The van der Waals surface area contributed by atoms with Crippen molar-refractivity contribution in [2.45, 2.75) is 0 Å². The number of ether oxygens (including phenoxy) is 1. The topological polar surface area (TPSA) is 68.1 Å². The fourth-order valence-corrected chi connectivity index (χ4v) is 1.33. The van der Waals surface area contributed by atoms with Gasteiger partial charge in [-0.05, 0) is 18.2 Å². The molecular formula is C10H10N2O2. The second-order valence-corrected chi connectivity index (χ2v) is 2.95. The molecule has 0 aliphatic rings. The molecule has 0 bridgehead atoms. The summed E-state index contributed by atoms with van der Waals surface area (Å²) in [6, 6.07) is 7.49. The summed E-state index contributed by atoms with van der Waals surface area (Å²) in [5.74, 6) is 0.195. The molecule has 0 radical (unpaired) electrons. The van der Waals surface area contributed by atoms with Gasteiger partial charge in [0.05, 0.1) is 0 Å². The third-order valence-corrected chi connectivity index (χ3v) is 1.92. The molecule has 0 aliphatic heterocycles. The first-order valence-corrected chi connectivity index (χ1v) is 4.24. The van der Waals surface area contributed by atoms with Gasteiger partial charge in [0.1, 0.15) is 5.75 Å². The highest BCUT2D eigenvalue weighted by atomic mass is 16.5. The van der Waals surface area contributed by atoms with E-state index in [9.17, 15) is 4.79 Å². The van der Waals surface area contributed by atoms with Crippen LogP contribution in [-0.4, -0.2) is 17.5 Å². The summed E-state index contributed by atoms with van der Waals surface area (Å²) in [4.78, 5) is 13.6. The number of nitrogens with two attached hydrogens (primary N) is 1. The summed E-state index contributed by atoms with van der Waals surface area (Å²) in [6.45, 7) is -0.0930. The predicted molar refractivity (Wildman–Crippen MR) is 53.0 cm³/mol. The molecule has 0 saturated heterocycles. The number of H-pyrrole nitrogens is 1. The number of primary amides is 1. The SMILES string of the molecule is NC(=O)COc1cccc2[nH]ccc12. The van der Waals surface area contributed by atoms with Crippen LogP contribution in [0.3, 0.4) is 0 Å². The van der Waals surface area contributed by atoms with Crippen LogP contribution in [0.2, 0.25) is 0 Å². The van der Waals surface area contributed by atoms with Crippen LogP contribution in [-0.2, 0) is 4.79 Å². The first kappa shape index (κ1) is 8.62. The monoisotopic (exact) mass is 190 g/mol.